The van der Waals surface area contributed by atoms with E-state index in [4.69, 9.17) is 0 Å². The minimum Gasteiger partial charge on any atom is -0.338 e. The molecule has 2 bridgehead atoms. The molecular weight excluding hydrogens is 324 g/mol. The lowest BCUT2D eigenvalue weighted by atomic mass is 9.94. The third-order valence-electron chi connectivity index (χ3n) is 6.31. The van der Waals surface area contributed by atoms with Gasteiger partial charge in [-0.1, -0.05) is 12.5 Å². The molecule has 0 radical (unpaired) electrons. The summed E-state index contributed by atoms with van der Waals surface area (Å²) in [6, 6.07) is 6.53. The van der Waals surface area contributed by atoms with Gasteiger partial charge in [-0.3, -0.25) is 14.7 Å². The third-order valence-corrected chi connectivity index (χ3v) is 6.31. The molecule has 0 aromatic carbocycles. The molecular formula is C21H32N4O. The van der Waals surface area contributed by atoms with Gasteiger partial charge < -0.3 is 9.80 Å². The maximum Gasteiger partial charge on any atom is 0.224 e. The average molecular weight is 357 g/mol. The summed E-state index contributed by atoms with van der Waals surface area (Å²) in [5.74, 6) is 1.00. The zero-order valence-electron chi connectivity index (χ0n) is 15.9. The van der Waals surface area contributed by atoms with Gasteiger partial charge in [-0.15, -0.1) is 0 Å². The summed E-state index contributed by atoms with van der Waals surface area (Å²) in [7, 11) is 0. The van der Waals surface area contributed by atoms with Crippen LogP contribution in [-0.4, -0.2) is 70.9 Å². The highest BCUT2D eigenvalue weighted by Gasteiger charge is 2.37. The molecule has 0 spiro atoms. The van der Waals surface area contributed by atoms with E-state index in [0.717, 1.165) is 38.4 Å². The van der Waals surface area contributed by atoms with Crippen molar-refractivity contribution in [1.82, 2.24) is 19.7 Å². The largest absolute Gasteiger partial charge is 0.338 e. The summed E-state index contributed by atoms with van der Waals surface area (Å²) >= 11 is 0. The van der Waals surface area contributed by atoms with Crippen LogP contribution in [0.2, 0.25) is 0 Å². The number of amides is 1. The maximum absolute atomic E-state index is 12.9. The molecule has 2 atom stereocenters. The van der Waals surface area contributed by atoms with E-state index in [0.29, 0.717) is 24.3 Å². The molecule has 142 valence electrons. The van der Waals surface area contributed by atoms with E-state index < -0.39 is 0 Å². The van der Waals surface area contributed by atoms with Crippen LogP contribution in [0.25, 0.3) is 0 Å². The van der Waals surface area contributed by atoms with Crippen molar-refractivity contribution in [2.45, 2.75) is 51.1 Å². The molecule has 5 nitrogen and oxygen atoms in total. The Kier molecular flexibility index (Phi) is 5.85. The molecule has 4 aliphatic rings. The van der Waals surface area contributed by atoms with E-state index in [1.165, 1.54) is 45.2 Å². The number of rotatable bonds is 5. The van der Waals surface area contributed by atoms with Crippen molar-refractivity contribution in [3.05, 3.63) is 30.1 Å². The van der Waals surface area contributed by atoms with E-state index in [1.807, 2.05) is 12.3 Å². The number of hydrogen-bond acceptors (Lipinski definition) is 4. The van der Waals surface area contributed by atoms with Gasteiger partial charge in [0.15, 0.2) is 0 Å². The molecule has 0 saturated carbocycles. The molecule has 0 N–H and O–H groups in total. The fourth-order valence-corrected chi connectivity index (χ4v) is 4.91. The van der Waals surface area contributed by atoms with Crippen molar-refractivity contribution >= 4 is 5.91 Å². The molecule has 5 rings (SSSR count). The van der Waals surface area contributed by atoms with Crippen LogP contribution >= 0.6 is 0 Å². The van der Waals surface area contributed by atoms with E-state index in [9.17, 15) is 4.79 Å². The number of piperidine rings is 2. The predicted molar refractivity (Wildman–Crippen MR) is 103 cm³/mol. The number of aromatic nitrogens is 1. The molecule has 5 heterocycles. The summed E-state index contributed by atoms with van der Waals surface area (Å²) in [4.78, 5) is 24.6. The molecule has 4 fully saturated rings. The first-order chi connectivity index (χ1) is 12.8. The fraction of sp³-hybridized carbons (Fsp3) is 0.714. The molecule has 1 aromatic rings. The molecule has 4 saturated heterocycles. The Morgan fingerprint density at radius 1 is 1.04 bits per heavy atom. The average Bonchev–Trinajstić information content (AvgIpc) is 2.98. The normalized spacial score (nSPS) is 27.5. The Bertz CT molecular complexity index is 587. The number of fused-ring (bicyclic) bond motifs is 4. The lowest BCUT2D eigenvalue weighted by Gasteiger charge is -2.37. The van der Waals surface area contributed by atoms with Crippen molar-refractivity contribution < 1.29 is 4.79 Å². The first kappa shape index (κ1) is 17.9. The van der Waals surface area contributed by atoms with Gasteiger partial charge in [0.2, 0.25) is 5.91 Å². The number of carbonyl (C=O) groups excluding carboxylic acids is 1. The van der Waals surface area contributed by atoms with E-state index in [2.05, 4.69) is 31.8 Å². The minimum absolute atomic E-state index is 0.380. The zero-order chi connectivity index (χ0) is 17.8. The fourth-order valence-electron chi connectivity index (χ4n) is 4.91. The summed E-state index contributed by atoms with van der Waals surface area (Å²) < 4.78 is 0. The Morgan fingerprint density at radius 3 is 2.73 bits per heavy atom. The van der Waals surface area contributed by atoms with Crippen molar-refractivity contribution in [1.29, 1.82) is 0 Å². The summed E-state index contributed by atoms with van der Waals surface area (Å²) in [5, 5.41) is 0. The molecule has 1 aromatic heterocycles. The molecule has 26 heavy (non-hydrogen) atoms. The van der Waals surface area contributed by atoms with Gasteiger partial charge >= 0.3 is 0 Å². The molecule has 5 heteroatoms. The number of hydrogen-bond donors (Lipinski definition) is 0. The Balaban J connectivity index is 1.33. The number of nitrogens with zero attached hydrogens (tertiary/aromatic N) is 4. The summed E-state index contributed by atoms with van der Waals surface area (Å²) in [5.41, 5.74) is 1.14. The highest BCUT2D eigenvalue weighted by Crippen LogP contribution is 2.29. The van der Waals surface area contributed by atoms with Crippen LogP contribution in [0.15, 0.2) is 24.4 Å². The second-order valence-corrected chi connectivity index (χ2v) is 8.31. The van der Waals surface area contributed by atoms with Crippen molar-refractivity contribution in [2.75, 3.05) is 39.3 Å². The van der Waals surface area contributed by atoms with Gasteiger partial charge in [-0.2, -0.15) is 0 Å². The smallest absolute Gasteiger partial charge is 0.224 e. The second kappa shape index (κ2) is 8.49. The molecule has 1 amide bonds. The zero-order valence-corrected chi connectivity index (χ0v) is 15.9. The van der Waals surface area contributed by atoms with Gasteiger partial charge in [-0.05, 0) is 56.8 Å². The highest BCUT2D eigenvalue weighted by atomic mass is 16.2. The van der Waals surface area contributed by atoms with Gasteiger partial charge in [0, 0.05) is 51.4 Å². The number of carbonyl (C=O) groups is 1. The predicted octanol–water partition coefficient (Wildman–Crippen LogP) is 2.38. The summed E-state index contributed by atoms with van der Waals surface area (Å²) in [6.07, 6.45) is 8.95. The maximum atomic E-state index is 12.9. The SMILES string of the molecule is O=C(CCN1CCCCC1)N1C[C@@H]2CC[C@H]1CN(Cc1ccccn1)C2. The van der Waals surface area contributed by atoms with Crippen LogP contribution in [0.5, 0.6) is 0 Å². The van der Waals surface area contributed by atoms with Gasteiger partial charge in [0.1, 0.15) is 0 Å². The second-order valence-electron chi connectivity index (χ2n) is 8.31. The monoisotopic (exact) mass is 356 g/mol. The minimum atomic E-state index is 0.380. The van der Waals surface area contributed by atoms with Crippen LogP contribution in [0.4, 0.5) is 0 Å². The van der Waals surface area contributed by atoms with E-state index >= 15 is 0 Å². The summed E-state index contributed by atoms with van der Waals surface area (Å²) in [6.45, 7) is 7.27. The topological polar surface area (TPSA) is 39.7 Å². The van der Waals surface area contributed by atoms with Crippen LogP contribution in [0.3, 0.4) is 0 Å². The van der Waals surface area contributed by atoms with Crippen LogP contribution in [-0.2, 0) is 11.3 Å². The van der Waals surface area contributed by atoms with Crippen molar-refractivity contribution in [3.8, 4) is 0 Å². The first-order valence-electron chi connectivity index (χ1n) is 10.4. The van der Waals surface area contributed by atoms with E-state index in [-0.39, 0.29) is 0 Å². The van der Waals surface area contributed by atoms with E-state index in [1.54, 1.807) is 0 Å². The number of likely N-dealkylation sites (tertiary alicyclic amines) is 1. The van der Waals surface area contributed by atoms with Crippen LogP contribution in [0, 0.1) is 5.92 Å². The first-order valence-corrected chi connectivity index (χ1v) is 10.4. The Hall–Kier alpha value is -1.46. The van der Waals surface area contributed by atoms with Gasteiger partial charge in [-0.25, -0.2) is 0 Å². The third kappa shape index (κ3) is 4.44. The lowest BCUT2D eigenvalue weighted by Crippen LogP contribution is -2.48. The lowest BCUT2D eigenvalue weighted by molar-refractivity contribution is -0.135. The molecule has 4 aliphatic heterocycles. The van der Waals surface area contributed by atoms with Crippen molar-refractivity contribution in [2.24, 2.45) is 5.92 Å². The van der Waals surface area contributed by atoms with Gasteiger partial charge in [0.25, 0.3) is 0 Å². The van der Waals surface area contributed by atoms with Crippen molar-refractivity contribution in [3.63, 3.8) is 0 Å². The Labute approximate surface area is 157 Å². The highest BCUT2D eigenvalue weighted by molar-refractivity contribution is 5.77. The standard InChI is InChI=1S/C21H32N4O/c26-21(9-13-23-11-4-1-5-12-23)25-15-18-7-8-20(25)17-24(14-18)16-19-6-2-3-10-22-19/h2-3,6,10,18,20H,1,4-5,7-9,11-17H2/t18-,20+/m1/s1. The molecule has 0 aliphatic carbocycles. The van der Waals surface area contributed by atoms with Gasteiger partial charge in [0.05, 0.1) is 5.69 Å². The van der Waals surface area contributed by atoms with Crippen LogP contribution < -0.4 is 0 Å². The number of pyridine rings is 1. The quantitative estimate of drug-likeness (QED) is 0.812. The van der Waals surface area contributed by atoms with Crippen LogP contribution in [0.1, 0.15) is 44.2 Å². The molecule has 0 unspecified atom stereocenters. The Morgan fingerprint density at radius 2 is 1.92 bits per heavy atom.